The molecule has 1 unspecified atom stereocenters. The number of nitrogens with one attached hydrogen (secondary N) is 1. The van der Waals surface area contributed by atoms with Crippen LogP contribution in [-0.4, -0.2) is 16.5 Å². The molecule has 0 radical (unpaired) electrons. The van der Waals surface area contributed by atoms with E-state index in [1.54, 1.807) is 6.33 Å². The van der Waals surface area contributed by atoms with Gasteiger partial charge >= 0.3 is 0 Å². The fourth-order valence-electron chi connectivity index (χ4n) is 2.15. The summed E-state index contributed by atoms with van der Waals surface area (Å²) >= 11 is 0. The van der Waals surface area contributed by atoms with Gasteiger partial charge in [0.2, 0.25) is 0 Å². The Morgan fingerprint density at radius 3 is 2.39 bits per heavy atom. The van der Waals surface area contributed by atoms with E-state index in [0.717, 1.165) is 6.54 Å². The van der Waals surface area contributed by atoms with Gasteiger partial charge in [-0.25, -0.2) is 9.97 Å². The Kier molecular flexibility index (Phi) is 8.40. The fourth-order valence-corrected chi connectivity index (χ4v) is 2.15. The highest BCUT2D eigenvalue weighted by atomic mass is 14.9. The van der Waals surface area contributed by atoms with E-state index < -0.39 is 0 Å². The molecule has 1 aromatic heterocycles. The van der Waals surface area contributed by atoms with Gasteiger partial charge in [0, 0.05) is 24.0 Å². The van der Waals surface area contributed by atoms with Crippen LogP contribution in [0.15, 0.2) is 18.7 Å². The Morgan fingerprint density at radius 1 is 1.00 bits per heavy atom. The van der Waals surface area contributed by atoms with Crippen molar-refractivity contribution in [1.82, 2.24) is 15.3 Å². The second kappa shape index (κ2) is 10.0. The summed E-state index contributed by atoms with van der Waals surface area (Å²) < 4.78 is 0. The van der Waals surface area contributed by atoms with E-state index in [1.165, 1.54) is 50.5 Å². The first-order chi connectivity index (χ1) is 8.88. The summed E-state index contributed by atoms with van der Waals surface area (Å²) in [6.45, 7) is 5.52. The maximum absolute atomic E-state index is 4.12. The van der Waals surface area contributed by atoms with Gasteiger partial charge in [0.05, 0.1) is 0 Å². The van der Waals surface area contributed by atoms with Gasteiger partial charge in [-0.05, 0) is 19.4 Å². The molecule has 0 bridgehead atoms. The number of rotatable bonds is 10. The topological polar surface area (TPSA) is 37.8 Å². The van der Waals surface area contributed by atoms with Gasteiger partial charge in [-0.15, -0.1) is 0 Å². The Labute approximate surface area is 111 Å². The number of hydrogen-bond acceptors (Lipinski definition) is 3. The lowest BCUT2D eigenvalue weighted by Gasteiger charge is -2.18. The number of hydrogen-bond donors (Lipinski definition) is 1. The van der Waals surface area contributed by atoms with Crippen molar-refractivity contribution in [2.24, 2.45) is 0 Å². The van der Waals surface area contributed by atoms with Gasteiger partial charge in [-0.3, -0.25) is 0 Å². The predicted octanol–water partition coefficient (Wildman–Crippen LogP) is 3.88. The first-order valence-electron chi connectivity index (χ1n) is 7.36. The Bertz CT molecular complexity index is 287. The van der Waals surface area contributed by atoms with Gasteiger partial charge < -0.3 is 5.32 Å². The van der Waals surface area contributed by atoms with Crippen LogP contribution >= 0.6 is 0 Å². The molecule has 1 heterocycles. The highest BCUT2D eigenvalue weighted by Gasteiger charge is 2.10. The molecular weight excluding hydrogens is 222 g/mol. The molecular formula is C15H27N3. The minimum atomic E-state index is 0.424. The maximum atomic E-state index is 4.12. The molecule has 0 aliphatic rings. The zero-order chi connectivity index (χ0) is 13.1. The van der Waals surface area contributed by atoms with Gasteiger partial charge in [0.1, 0.15) is 6.33 Å². The molecule has 0 aromatic carbocycles. The first kappa shape index (κ1) is 15.1. The third kappa shape index (κ3) is 6.10. The van der Waals surface area contributed by atoms with E-state index in [1.807, 2.05) is 12.4 Å². The number of nitrogens with zero attached hydrogens (tertiary/aromatic N) is 2. The molecule has 0 amide bonds. The highest BCUT2D eigenvalue weighted by molar-refractivity contribution is 5.08. The van der Waals surface area contributed by atoms with Crippen LogP contribution in [0.1, 0.15) is 70.4 Å². The van der Waals surface area contributed by atoms with Crippen molar-refractivity contribution in [2.45, 2.75) is 64.8 Å². The molecule has 1 atom stereocenters. The van der Waals surface area contributed by atoms with Crippen molar-refractivity contribution in [1.29, 1.82) is 0 Å². The third-order valence-corrected chi connectivity index (χ3v) is 3.22. The average molecular weight is 249 g/mol. The molecule has 0 saturated carbocycles. The largest absolute Gasteiger partial charge is 0.310 e. The maximum Gasteiger partial charge on any atom is 0.115 e. The van der Waals surface area contributed by atoms with Crippen molar-refractivity contribution < 1.29 is 0 Å². The first-order valence-corrected chi connectivity index (χ1v) is 7.36. The zero-order valence-electron chi connectivity index (χ0n) is 11.9. The van der Waals surface area contributed by atoms with Crippen LogP contribution in [0.2, 0.25) is 0 Å². The molecule has 3 nitrogen and oxygen atoms in total. The molecule has 0 saturated heterocycles. The molecule has 1 aromatic rings. The summed E-state index contributed by atoms with van der Waals surface area (Å²) in [5.74, 6) is 0. The molecule has 0 aliphatic carbocycles. The van der Waals surface area contributed by atoms with Crippen molar-refractivity contribution in [2.75, 3.05) is 6.54 Å². The van der Waals surface area contributed by atoms with E-state index in [-0.39, 0.29) is 0 Å². The van der Waals surface area contributed by atoms with Crippen LogP contribution in [0.4, 0.5) is 0 Å². The fraction of sp³-hybridized carbons (Fsp3) is 0.733. The van der Waals surface area contributed by atoms with E-state index in [0.29, 0.717) is 6.04 Å². The summed E-state index contributed by atoms with van der Waals surface area (Å²) in [5.41, 5.74) is 1.22. The lowest BCUT2D eigenvalue weighted by Crippen LogP contribution is -2.22. The lowest BCUT2D eigenvalue weighted by atomic mass is 10.0. The molecule has 0 aliphatic heterocycles. The molecule has 102 valence electrons. The lowest BCUT2D eigenvalue weighted by molar-refractivity contribution is 0.466. The second-order valence-corrected chi connectivity index (χ2v) is 4.88. The minimum absolute atomic E-state index is 0.424. The predicted molar refractivity (Wildman–Crippen MR) is 76.4 cm³/mol. The Balaban J connectivity index is 2.36. The number of aromatic nitrogens is 2. The van der Waals surface area contributed by atoms with Crippen molar-refractivity contribution in [3.63, 3.8) is 0 Å². The standard InChI is InChI=1S/C15H27N3/c1-3-5-6-7-8-9-15(18-10-4-2)14-11-16-13-17-12-14/h11-13,15,18H,3-10H2,1-2H3. The summed E-state index contributed by atoms with van der Waals surface area (Å²) in [5, 5.41) is 3.60. The van der Waals surface area contributed by atoms with Crippen LogP contribution in [0, 0.1) is 0 Å². The van der Waals surface area contributed by atoms with Crippen LogP contribution in [0.3, 0.4) is 0 Å². The molecule has 0 spiro atoms. The summed E-state index contributed by atoms with van der Waals surface area (Å²) in [6, 6.07) is 0.424. The normalized spacial score (nSPS) is 12.6. The summed E-state index contributed by atoms with van der Waals surface area (Å²) in [4.78, 5) is 8.24. The van der Waals surface area contributed by atoms with Crippen molar-refractivity contribution >= 4 is 0 Å². The van der Waals surface area contributed by atoms with Gasteiger partial charge in [0.15, 0.2) is 0 Å². The second-order valence-electron chi connectivity index (χ2n) is 4.88. The average Bonchev–Trinajstić information content (AvgIpc) is 2.43. The Hall–Kier alpha value is -0.960. The minimum Gasteiger partial charge on any atom is -0.310 e. The third-order valence-electron chi connectivity index (χ3n) is 3.22. The number of unbranched alkanes of at least 4 members (excludes halogenated alkanes) is 4. The molecule has 1 N–H and O–H groups in total. The quantitative estimate of drug-likeness (QED) is 0.639. The van der Waals surface area contributed by atoms with Crippen molar-refractivity contribution in [3.05, 3.63) is 24.3 Å². The van der Waals surface area contributed by atoms with Gasteiger partial charge in [0.25, 0.3) is 0 Å². The SMILES string of the molecule is CCCCCCCC(NCCC)c1cncnc1. The van der Waals surface area contributed by atoms with Crippen LogP contribution in [-0.2, 0) is 0 Å². The smallest absolute Gasteiger partial charge is 0.115 e. The van der Waals surface area contributed by atoms with Crippen LogP contribution in [0.25, 0.3) is 0 Å². The summed E-state index contributed by atoms with van der Waals surface area (Å²) in [7, 11) is 0. The van der Waals surface area contributed by atoms with E-state index in [4.69, 9.17) is 0 Å². The molecule has 0 fully saturated rings. The molecule has 18 heavy (non-hydrogen) atoms. The monoisotopic (exact) mass is 249 g/mol. The van der Waals surface area contributed by atoms with Gasteiger partial charge in [-0.1, -0.05) is 46.0 Å². The highest BCUT2D eigenvalue weighted by Crippen LogP contribution is 2.19. The molecule has 1 rings (SSSR count). The molecule has 3 heteroatoms. The van der Waals surface area contributed by atoms with Gasteiger partial charge in [-0.2, -0.15) is 0 Å². The van der Waals surface area contributed by atoms with Crippen molar-refractivity contribution in [3.8, 4) is 0 Å². The van der Waals surface area contributed by atoms with Crippen LogP contribution in [0.5, 0.6) is 0 Å². The van der Waals surface area contributed by atoms with E-state index >= 15 is 0 Å². The van der Waals surface area contributed by atoms with E-state index in [9.17, 15) is 0 Å². The summed E-state index contributed by atoms with van der Waals surface area (Å²) in [6.07, 6.45) is 14.5. The van der Waals surface area contributed by atoms with E-state index in [2.05, 4.69) is 29.1 Å². The zero-order valence-corrected chi connectivity index (χ0v) is 11.9. The Morgan fingerprint density at radius 2 is 1.72 bits per heavy atom. The van der Waals surface area contributed by atoms with Crippen LogP contribution < -0.4 is 5.32 Å².